The minimum absolute atomic E-state index is 0.103. The van der Waals surface area contributed by atoms with Crippen LogP contribution in [-0.2, 0) is 4.79 Å². The molecule has 0 bridgehead atoms. The van der Waals surface area contributed by atoms with Crippen molar-refractivity contribution in [2.24, 2.45) is 0 Å². The second kappa shape index (κ2) is 8.04. The van der Waals surface area contributed by atoms with Crippen LogP contribution < -0.4 is 10.1 Å². The molecule has 2 rings (SSSR count). The summed E-state index contributed by atoms with van der Waals surface area (Å²) in [4.78, 5) is 24.0. The molecule has 2 aromatic rings. The smallest absolute Gasteiger partial charge is 0.331 e. The van der Waals surface area contributed by atoms with Gasteiger partial charge >= 0.3 is 5.97 Å². The molecule has 0 saturated heterocycles. The number of carboxylic acid groups (broad SMARTS) is 1. The number of halogens is 3. The minimum Gasteiger partial charge on any atom is -0.488 e. The molecule has 0 aliphatic rings. The maximum atomic E-state index is 13.9. The molecule has 2 aromatic carbocycles. The molecule has 2 N–H and O–H groups in total. The monoisotopic (exact) mass is 441 g/mol. The molecule has 5 nitrogen and oxygen atoms in total. The van der Waals surface area contributed by atoms with Gasteiger partial charge in [0.05, 0.1) is 0 Å². The van der Waals surface area contributed by atoms with Crippen molar-refractivity contribution in [3.63, 3.8) is 0 Å². The van der Waals surface area contributed by atoms with Gasteiger partial charge in [-0.15, -0.1) is 0 Å². The first kappa shape index (κ1) is 20.8. The van der Waals surface area contributed by atoms with Crippen LogP contribution in [-0.4, -0.2) is 22.6 Å². The summed E-state index contributed by atoms with van der Waals surface area (Å²) in [6, 6.07) is 5.22. The number of amides is 1. The summed E-state index contributed by atoms with van der Waals surface area (Å²) < 4.78 is 33.6. The number of ether oxygens (including phenoxy) is 1. The molecule has 0 aromatic heterocycles. The number of carbonyl (C=O) groups is 2. The van der Waals surface area contributed by atoms with E-state index in [4.69, 9.17) is 4.74 Å². The number of hydrogen-bond acceptors (Lipinski definition) is 3. The van der Waals surface area contributed by atoms with Gasteiger partial charge in [-0.2, -0.15) is 0 Å². The third kappa shape index (κ3) is 5.75. The maximum Gasteiger partial charge on any atom is 0.331 e. The molecule has 0 radical (unpaired) electrons. The van der Waals surface area contributed by atoms with Crippen LogP contribution in [0.25, 0.3) is 0 Å². The summed E-state index contributed by atoms with van der Waals surface area (Å²) in [5.74, 6) is -3.64. The van der Waals surface area contributed by atoms with E-state index in [1.807, 2.05) is 20.8 Å². The summed E-state index contributed by atoms with van der Waals surface area (Å²) in [6.45, 7) is 5.50. The number of rotatable bonds is 5. The Bertz CT molecular complexity index is 880. The molecule has 0 aliphatic heterocycles. The molecule has 0 saturated carbocycles. The van der Waals surface area contributed by atoms with Gasteiger partial charge in [-0.05, 0) is 57.2 Å². The molecule has 1 amide bonds. The lowest BCUT2D eigenvalue weighted by atomic mass is 10.1. The van der Waals surface area contributed by atoms with Gasteiger partial charge < -0.3 is 15.2 Å². The average molecular weight is 442 g/mol. The Balaban J connectivity index is 2.33. The molecule has 0 aliphatic carbocycles. The molecule has 8 heteroatoms. The molecule has 27 heavy (non-hydrogen) atoms. The van der Waals surface area contributed by atoms with Crippen LogP contribution in [0.3, 0.4) is 0 Å². The number of aliphatic carboxylic acids is 1. The van der Waals surface area contributed by atoms with Crippen molar-refractivity contribution in [3.05, 3.63) is 63.6 Å². The maximum absolute atomic E-state index is 13.9. The summed E-state index contributed by atoms with van der Waals surface area (Å²) >= 11 is 3.26. The molecule has 0 spiro atoms. The minimum atomic E-state index is -1.75. The second-order valence-electron chi connectivity index (χ2n) is 6.80. The van der Waals surface area contributed by atoms with Crippen LogP contribution in [0.15, 0.2) is 40.9 Å². The highest BCUT2D eigenvalue weighted by Gasteiger charge is 2.26. The number of nitrogens with one attached hydrogen (secondary N) is 1. The molecule has 0 fully saturated rings. The molecular formula is C19H18BrF2NO4. The van der Waals surface area contributed by atoms with Crippen molar-refractivity contribution in [2.45, 2.75) is 32.4 Å². The lowest BCUT2D eigenvalue weighted by Gasteiger charge is -2.22. The first-order valence-electron chi connectivity index (χ1n) is 7.94. The summed E-state index contributed by atoms with van der Waals surface area (Å²) in [7, 11) is 0. The zero-order valence-electron chi connectivity index (χ0n) is 14.8. The van der Waals surface area contributed by atoms with E-state index in [-0.39, 0.29) is 5.56 Å². The normalized spacial score (nSPS) is 12.4. The highest BCUT2D eigenvalue weighted by atomic mass is 79.9. The quantitative estimate of drug-likeness (QED) is 0.717. The molecule has 144 valence electrons. The van der Waals surface area contributed by atoms with Gasteiger partial charge in [0.25, 0.3) is 5.91 Å². The van der Waals surface area contributed by atoms with Crippen molar-refractivity contribution < 1.29 is 28.2 Å². The Labute approximate surface area is 163 Å². The lowest BCUT2D eigenvalue weighted by Crippen LogP contribution is -2.34. The van der Waals surface area contributed by atoms with Crippen LogP contribution in [0, 0.1) is 11.6 Å². The van der Waals surface area contributed by atoms with E-state index in [0.29, 0.717) is 10.2 Å². The van der Waals surface area contributed by atoms with E-state index in [1.54, 1.807) is 6.07 Å². The Morgan fingerprint density at radius 3 is 2.41 bits per heavy atom. The Morgan fingerprint density at radius 2 is 1.81 bits per heavy atom. The van der Waals surface area contributed by atoms with Crippen molar-refractivity contribution >= 4 is 27.8 Å². The second-order valence-corrected chi connectivity index (χ2v) is 7.72. The van der Waals surface area contributed by atoms with E-state index >= 15 is 0 Å². The first-order valence-corrected chi connectivity index (χ1v) is 8.74. The lowest BCUT2D eigenvalue weighted by molar-refractivity contribution is -0.139. The van der Waals surface area contributed by atoms with Crippen LogP contribution in [0.5, 0.6) is 5.75 Å². The van der Waals surface area contributed by atoms with Crippen molar-refractivity contribution in [1.29, 1.82) is 0 Å². The van der Waals surface area contributed by atoms with Crippen molar-refractivity contribution in [1.82, 2.24) is 5.32 Å². The van der Waals surface area contributed by atoms with Gasteiger partial charge in [-0.25, -0.2) is 13.6 Å². The van der Waals surface area contributed by atoms with Gasteiger partial charge in [0.2, 0.25) is 0 Å². The highest BCUT2D eigenvalue weighted by molar-refractivity contribution is 9.10. The number of carboxylic acids is 1. The van der Waals surface area contributed by atoms with E-state index < -0.39 is 40.7 Å². The predicted molar refractivity (Wildman–Crippen MR) is 98.7 cm³/mol. The third-order valence-electron chi connectivity index (χ3n) is 3.35. The van der Waals surface area contributed by atoms with Crippen LogP contribution in [0.2, 0.25) is 0 Å². The van der Waals surface area contributed by atoms with Crippen LogP contribution in [0.4, 0.5) is 8.78 Å². The fourth-order valence-corrected chi connectivity index (χ4v) is 2.80. The largest absolute Gasteiger partial charge is 0.488 e. The molecule has 0 heterocycles. The zero-order valence-corrected chi connectivity index (χ0v) is 16.4. The Hall–Kier alpha value is -2.48. The fraction of sp³-hybridized carbons (Fsp3) is 0.263. The van der Waals surface area contributed by atoms with E-state index in [2.05, 4.69) is 21.2 Å². The third-order valence-corrected chi connectivity index (χ3v) is 3.81. The van der Waals surface area contributed by atoms with Crippen LogP contribution in [0.1, 0.15) is 42.7 Å². The van der Waals surface area contributed by atoms with E-state index in [9.17, 15) is 23.5 Å². The van der Waals surface area contributed by atoms with Gasteiger partial charge in [0.1, 0.15) is 23.0 Å². The molecule has 1 atom stereocenters. The predicted octanol–water partition coefficient (Wildman–Crippen LogP) is 4.46. The fourth-order valence-electron chi connectivity index (χ4n) is 2.33. The van der Waals surface area contributed by atoms with Crippen molar-refractivity contribution in [2.75, 3.05) is 0 Å². The molecular weight excluding hydrogens is 424 g/mol. The zero-order chi connectivity index (χ0) is 20.4. The summed E-state index contributed by atoms with van der Waals surface area (Å²) in [5.41, 5.74) is -0.883. The number of hydrogen-bond donors (Lipinski definition) is 2. The Morgan fingerprint density at radius 1 is 1.15 bits per heavy atom. The number of benzene rings is 2. The Kier molecular flexibility index (Phi) is 6.20. The van der Waals surface area contributed by atoms with E-state index in [0.717, 1.165) is 18.2 Å². The number of carbonyl (C=O) groups excluding carboxylic acids is 1. The first-order chi connectivity index (χ1) is 12.5. The summed E-state index contributed by atoms with van der Waals surface area (Å²) in [5, 5.41) is 11.6. The van der Waals surface area contributed by atoms with Gasteiger partial charge in [0.15, 0.2) is 6.04 Å². The topological polar surface area (TPSA) is 75.6 Å². The highest BCUT2D eigenvalue weighted by Crippen LogP contribution is 2.26. The van der Waals surface area contributed by atoms with Gasteiger partial charge in [-0.3, -0.25) is 4.79 Å². The van der Waals surface area contributed by atoms with E-state index in [1.165, 1.54) is 12.1 Å². The molecule has 1 unspecified atom stereocenters. The van der Waals surface area contributed by atoms with Crippen LogP contribution >= 0.6 is 15.9 Å². The van der Waals surface area contributed by atoms with Crippen molar-refractivity contribution in [3.8, 4) is 5.75 Å². The standard InChI is InChI=1S/C19H18BrF2NO4/c1-19(2,3)27-13-7-10(6-11(20)8-13)17(24)23-16(18(25)26)14-9-12(21)4-5-15(14)22/h4-9,16H,1-3H3,(H,23,24)(H,25,26). The SMILES string of the molecule is CC(C)(C)Oc1cc(Br)cc(C(=O)NC(C(=O)O)c2cc(F)ccc2F)c1. The average Bonchev–Trinajstić information content (AvgIpc) is 2.52. The summed E-state index contributed by atoms with van der Waals surface area (Å²) in [6.07, 6.45) is 0. The van der Waals surface area contributed by atoms with Gasteiger partial charge in [0, 0.05) is 15.6 Å². The van der Waals surface area contributed by atoms with Gasteiger partial charge in [-0.1, -0.05) is 15.9 Å².